The summed E-state index contributed by atoms with van der Waals surface area (Å²) >= 11 is 13.3. The zero-order valence-electron chi connectivity index (χ0n) is 16.9. The molecule has 0 fully saturated rings. The third-order valence-electron chi connectivity index (χ3n) is 4.34. The van der Waals surface area contributed by atoms with Gasteiger partial charge >= 0.3 is 0 Å². The monoisotopic (exact) mass is 574 g/mol. The van der Waals surface area contributed by atoms with Crippen molar-refractivity contribution in [3.05, 3.63) is 91.3 Å². The van der Waals surface area contributed by atoms with Crippen LogP contribution in [-0.4, -0.2) is 13.0 Å². The van der Waals surface area contributed by atoms with E-state index in [0.29, 0.717) is 38.9 Å². The van der Waals surface area contributed by atoms with Gasteiger partial charge in [-0.05, 0) is 81.7 Å². The van der Waals surface area contributed by atoms with Gasteiger partial charge in [0.15, 0.2) is 5.75 Å². The number of methoxy groups -OCH3 is 1. The largest absolute Gasteiger partial charge is 0.497 e. The van der Waals surface area contributed by atoms with Crippen LogP contribution in [0.4, 0.5) is 5.69 Å². The van der Waals surface area contributed by atoms with E-state index >= 15 is 0 Å². The second kappa shape index (κ2) is 11.2. The highest BCUT2D eigenvalue weighted by molar-refractivity contribution is 9.10. The summed E-state index contributed by atoms with van der Waals surface area (Å²) in [7, 11) is 1.56. The van der Waals surface area contributed by atoms with E-state index in [9.17, 15) is 10.1 Å². The number of halogens is 3. The molecule has 0 saturated heterocycles. The molecule has 1 N–H and O–H groups in total. The number of nitriles is 1. The van der Waals surface area contributed by atoms with E-state index in [1.54, 1.807) is 43.5 Å². The Bertz CT molecular complexity index is 1160. The molecule has 3 rings (SSSR count). The quantitative estimate of drug-likeness (QED) is 0.243. The number of nitrogens with one attached hydrogen (secondary N) is 1. The van der Waals surface area contributed by atoms with Gasteiger partial charge in [0, 0.05) is 10.2 Å². The molecule has 0 saturated carbocycles. The number of hydrogen-bond donors (Lipinski definition) is 1. The number of ether oxygens (including phenoxy) is 2. The fourth-order valence-electron chi connectivity index (χ4n) is 2.72. The number of amides is 1. The van der Waals surface area contributed by atoms with Crippen molar-refractivity contribution in [3.8, 4) is 17.6 Å². The molecule has 5 nitrogen and oxygen atoms in total. The Labute approximate surface area is 207 Å². The highest BCUT2D eigenvalue weighted by Crippen LogP contribution is 2.36. The lowest BCUT2D eigenvalue weighted by Crippen LogP contribution is -2.13. The molecule has 3 aromatic rings. The second-order valence-corrected chi connectivity index (χ2v) is 8.76. The highest BCUT2D eigenvalue weighted by atomic mass is 79.9. The molecule has 0 aliphatic heterocycles. The number of nitrogens with zero attached hydrogens (tertiary/aromatic N) is 1. The lowest BCUT2D eigenvalue weighted by atomic mass is 10.1. The van der Waals surface area contributed by atoms with Crippen LogP contribution in [0.25, 0.3) is 6.08 Å². The van der Waals surface area contributed by atoms with E-state index in [4.69, 9.17) is 21.1 Å². The minimum atomic E-state index is -0.527. The maximum absolute atomic E-state index is 12.5. The number of benzene rings is 3. The fraction of sp³-hybridized carbons (Fsp3) is 0.0833. The van der Waals surface area contributed by atoms with Crippen LogP contribution < -0.4 is 14.8 Å². The van der Waals surface area contributed by atoms with Crippen LogP contribution in [0, 0.1) is 11.3 Å². The maximum atomic E-state index is 12.5. The van der Waals surface area contributed by atoms with Gasteiger partial charge in [-0.2, -0.15) is 5.26 Å². The van der Waals surface area contributed by atoms with Crippen LogP contribution in [0.2, 0.25) is 5.02 Å². The molecule has 0 spiro atoms. The molecule has 0 aromatic heterocycles. The first-order chi connectivity index (χ1) is 15.4. The highest BCUT2D eigenvalue weighted by Gasteiger charge is 2.13. The lowest BCUT2D eigenvalue weighted by Gasteiger charge is -2.12. The zero-order valence-corrected chi connectivity index (χ0v) is 20.8. The average molecular weight is 577 g/mol. The van der Waals surface area contributed by atoms with Crippen molar-refractivity contribution in [1.82, 2.24) is 0 Å². The van der Waals surface area contributed by atoms with Crippen molar-refractivity contribution in [2.45, 2.75) is 6.61 Å². The molecule has 0 heterocycles. The lowest BCUT2D eigenvalue weighted by molar-refractivity contribution is -0.112. The molecule has 8 heteroatoms. The van der Waals surface area contributed by atoms with Gasteiger partial charge in [-0.15, -0.1) is 0 Å². The van der Waals surface area contributed by atoms with Crippen LogP contribution in [0.3, 0.4) is 0 Å². The van der Waals surface area contributed by atoms with E-state index < -0.39 is 5.91 Å². The summed E-state index contributed by atoms with van der Waals surface area (Å²) in [5, 5.41) is 12.5. The van der Waals surface area contributed by atoms with Crippen molar-refractivity contribution >= 4 is 61.1 Å². The molecule has 0 unspecified atom stereocenters. The minimum Gasteiger partial charge on any atom is -0.497 e. The Kier molecular flexibility index (Phi) is 8.34. The van der Waals surface area contributed by atoms with E-state index in [2.05, 4.69) is 37.2 Å². The summed E-state index contributed by atoms with van der Waals surface area (Å²) in [6.45, 7) is 0.342. The molecule has 0 aliphatic carbocycles. The predicted octanol–water partition coefficient (Wildman–Crippen LogP) is 7.00. The summed E-state index contributed by atoms with van der Waals surface area (Å²) < 4.78 is 12.6. The normalized spacial score (nSPS) is 10.9. The van der Waals surface area contributed by atoms with E-state index in [1.165, 1.54) is 6.08 Å². The Morgan fingerprint density at radius 3 is 2.41 bits per heavy atom. The molecule has 162 valence electrons. The van der Waals surface area contributed by atoms with Gasteiger partial charge in [0.25, 0.3) is 5.91 Å². The molecule has 0 radical (unpaired) electrons. The topological polar surface area (TPSA) is 71.3 Å². The first-order valence-corrected chi connectivity index (χ1v) is 11.3. The molecular weight excluding hydrogens is 560 g/mol. The first-order valence-electron chi connectivity index (χ1n) is 9.33. The predicted molar refractivity (Wildman–Crippen MR) is 133 cm³/mol. The summed E-state index contributed by atoms with van der Waals surface area (Å²) in [6.07, 6.45) is 1.47. The number of carbonyl (C=O) groups excluding carboxylic acids is 1. The van der Waals surface area contributed by atoms with Gasteiger partial charge in [-0.1, -0.05) is 39.7 Å². The van der Waals surface area contributed by atoms with Crippen molar-refractivity contribution < 1.29 is 14.3 Å². The third kappa shape index (κ3) is 6.36. The summed E-state index contributed by atoms with van der Waals surface area (Å²) in [4.78, 5) is 12.5. The van der Waals surface area contributed by atoms with Crippen LogP contribution in [0.15, 0.2) is 75.2 Å². The summed E-state index contributed by atoms with van der Waals surface area (Å²) in [5.41, 5.74) is 2.06. The van der Waals surface area contributed by atoms with Crippen molar-refractivity contribution in [2.24, 2.45) is 0 Å². The van der Waals surface area contributed by atoms with E-state index in [0.717, 1.165) is 10.0 Å². The summed E-state index contributed by atoms with van der Waals surface area (Å²) in [5.74, 6) is 0.620. The SMILES string of the molecule is COc1ccc(NC(=O)/C(C#N)=C\c2cc(Cl)c(OCc3ccc(Br)cc3)c(Br)c2)cc1. The number of rotatable bonds is 7. The Hall–Kier alpha value is -2.79. The van der Waals surface area contributed by atoms with Crippen LogP contribution >= 0.6 is 43.5 Å². The average Bonchev–Trinajstić information content (AvgIpc) is 2.78. The standard InChI is InChI=1S/C24H17Br2ClN2O3/c1-31-20-8-6-19(7-9-20)29-24(30)17(13-28)10-16-11-21(26)23(22(27)12-16)32-14-15-2-4-18(25)5-3-15/h2-12H,14H2,1H3,(H,29,30)/b17-10-. The van der Waals surface area contributed by atoms with Crippen LogP contribution in [0.1, 0.15) is 11.1 Å². The molecule has 32 heavy (non-hydrogen) atoms. The van der Waals surface area contributed by atoms with Crippen molar-refractivity contribution in [3.63, 3.8) is 0 Å². The van der Waals surface area contributed by atoms with E-state index in [1.807, 2.05) is 30.3 Å². The van der Waals surface area contributed by atoms with Gasteiger partial charge < -0.3 is 14.8 Å². The van der Waals surface area contributed by atoms with Gasteiger partial charge in [-0.25, -0.2) is 0 Å². The Balaban J connectivity index is 1.74. The third-order valence-corrected chi connectivity index (χ3v) is 5.74. The number of anilines is 1. The number of carbonyl (C=O) groups is 1. The smallest absolute Gasteiger partial charge is 0.266 e. The minimum absolute atomic E-state index is 0.0627. The molecule has 3 aromatic carbocycles. The van der Waals surface area contributed by atoms with Gasteiger partial charge in [0.2, 0.25) is 0 Å². The van der Waals surface area contributed by atoms with Gasteiger partial charge in [-0.3, -0.25) is 4.79 Å². The van der Waals surface area contributed by atoms with Crippen molar-refractivity contribution in [2.75, 3.05) is 12.4 Å². The van der Waals surface area contributed by atoms with Gasteiger partial charge in [0.05, 0.1) is 16.6 Å². The molecule has 0 atom stereocenters. The molecule has 0 aliphatic rings. The Morgan fingerprint density at radius 1 is 1.12 bits per heavy atom. The molecular formula is C24H17Br2ClN2O3. The first kappa shape index (κ1) is 23.9. The van der Waals surface area contributed by atoms with E-state index in [-0.39, 0.29) is 5.57 Å². The van der Waals surface area contributed by atoms with Crippen LogP contribution in [0.5, 0.6) is 11.5 Å². The van der Waals surface area contributed by atoms with Crippen LogP contribution in [-0.2, 0) is 11.4 Å². The molecule has 1 amide bonds. The van der Waals surface area contributed by atoms with Gasteiger partial charge in [0.1, 0.15) is 24.0 Å². The maximum Gasteiger partial charge on any atom is 0.266 e. The summed E-state index contributed by atoms with van der Waals surface area (Å²) in [6, 6.07) is 19.9. The fourth-order valence-corrected chi connectivity index (χ4v) is 3.98. The second-order valence-electron chi connectivity index (χ2n) is 6.58. The Morgan fingerprint density at radius 2 is 1.81 bits per heavy atom. The number of hydrogen-bond acceptors (Lipinski definition) is 4. The molecule has 0 bridgehead atoms. The van der Waals surface area contributed by atoms with Crippen molar-refractivity contribution in [1.29, 1.82) is 5.26 Å². The zero-order chi connectivity index (χ0) is 23.1.